The molecule has 1 aromatic heterocycles. The number of carbonyl (C=O) groups is 1. The number of anilines is 1. The molecule has 0 fully saturated rings. The summed E-state index contributed by atoms with van der Waals surface area (Å²) >= 11 is 0. The van der Waals surface area contributed by atoms with Gasteiger partial charge in [-0.1, -0.05) is 0 Å². The molecular formula is C14H14N4O2. The first-order chi connectivity index (χ1) is 9.40. The molecule has 0 aliphatic rings. The number of ether oxygens (including phenoxy) is 1. The van der Waals surface area contributed by atoms with E-state index in [0.29, 0.717) is 16.7 Å². The van der Waals surface area contributed by atoms with Crippen LogP contribution in [0.3, 0.4) is 0 Å². The van der Waals surface area contributed by atoms with Crippen molar-refractivity contribution in [3.8, 4) is 6.07 Å². The van der Waals surface area contributed by atoms with Gasteiger partial charge in [-0.05, 0) is 32.9 Å². The minimum Gasteiger partial charge on any atom is -0.444 e. The molecule has 20 heavy (non-hydrogen) atoms. The highest BCUT2D eigenvalue weighted by Gasteiger charge is 2.18. The van der Waals surface area contributed by atoms with Crippen molar-refractivity contribution in [3.63, 3.8) is 0 Å². The average molecular weight is 270 g/mol. The van der Waals surface area contributed by atoms with E-state index in [-0.39, 0.29) is 5.56 Å². The molecule has 0 saturated heterocycles. The first kappa shape index (κ1) is 13.7. The van der Waals surface area contributed by atoms with Gasteiger partial charge in [0.05, 0.1) is 11.2 Å². The second-order valence-electron chi connectivity index (χ2n) is 5.15. The van der Waals surface area contributed by atoms with Crippen molar-refractivity contribution in [1.82, 2.24) is 9.97 Å². The van der Waals surface area contributed by atoms with Gasteiger partial charge in [-0.3, -0.25) is 15.3 Å². The van der Waals surface area contributed by atoms with Gasteiger partial charge in [0.2, 0.25) is 0 Å². The Labute approximate surface area is 116 Å². The van der Waals surface area contributed by atoms with Gasteiger partial charge in [0.1, 0.15) is 22.8 Å². The van der Waals surface area contributed by atoms with Crippen molar-refractivity contribution in [2.24, 2.45) is 0 Å². The van der Waals surface area contributed by atoms with Crippen LogP contribution in [0, 0.1) is 11.3 Å². The molecule has 6 nitrogen and oxygen atoms in total. The Morgan fingerprint density at radius 1 is 1.30 bits per heavy atom. The smallest absolute Gasteiger partial charge is 0.412 e. The van der Waals surface area contributed by atoms with Gasteiger partial charge < -0.3 is 4.74 Å². The Kier molecular flexibility index (Phi) is 3.53. The molecule has 6 heteroatoms. The topological polar surface area (TPSA) is 87.9 Å². The number of rotatable bonds is 1. The van der Waals surface area contributed by atoms with E-state index in [0.717, 1.165) is 0 Å². The molecule has 0 bridgehead atoms. The van der Waals surface area contributed by atoms with Gasteiger partial charge in [-0.25, -0.2) is 4.79 Å². The molecule has 1 amide bonds. The van der Waals surface area contributed by atoms with Gasteiger partial charge >= 0.3 is 6.09 Å². The molecule has 0 unspecified atom stereocenters. The maximum Gasteiger partial charge on any atom is 0.412 e. The molecule has 0 saturated carbocycles. The zero-order chi connectivity index (χ0) is 14.8. The fourth-order valence-electron chi connectivity index (χ4n) is 1.67. The number of nitrogens with zero attached hydrogens (tertiary/aromatic N) is 3. The average Bonchev–Trinajstić information content (AvgIpc) is 2.36. The van der Waals surface area contributed by atoms with Crippen LogP contribution in [0.2, 0.25) is 0 Å². The molecule has 2 rings (SSSR count). The van der Waals surface area contributed by atoms with Gasteiger partial charge in [-0.15, -0.1) is 0 Å². The number of aromatic nitrogens is 2. The lowest BCUT2D eigenvalue weighted by Crippen LogP contribution is -2.27. The number of fused-ring (bicyclic) bond motifs is 1. The van der Waals surface area contributed by atoms with E-state index in [1.54, 1.807) is 39.1 Å². The summed E-state index contributed by atoms with van der Waals surface area (Å²) < 4.78 is 5.16. The van der Waals surface area contributed by atoms with E-state index >= 15 is 0 Å². The van der Waals surface area contributed by atoms with E-state index in [1.807, 2.05) is 6.07 Å². The molecule has 0 aliphatic carbocycles. The van der Waals surface area contributed by atoms with Crippen molar-refractivity contribution in [2.75, 3.05) is 5.32 Å². The van der Waals surface area contributed by atoms with Crippen molar-refractivity contribution in [2.45, 2.75) is 26.4 Å². The lowest BCUT2D eigenvalue weighted by Gasteiger charge is -2.20. The molecule has 0 spiro atoms. The van der Waals surface area contributed by atoms with Crippen molar-refractivity contribution < 1.29 is 9.53 Å². The highest BCUT2D eigenvalue weighted by molar-refractivity contribution is 5.93. The summed E-state index contributed by atoms with van der Waals surface area (Å²) in [4.78, 5) is 20.0. The Balaban J connectivity index is 2.36. The summed E-state index contributed by atoms with van der Waals surface area (Å²) in [5, 5.41) is 11.8. The Morgan fingerprint density at radius 2 is 2.00 bits per heavy atom. The quantitative estimate of drug-likeness (QED) is 0.860. The number of amides is 1. The highest BCUT2D eigenvalue weighted by atomic mass is 16.6. The third-order valence-electron chi connectivity index (χ3n) is 2.39. The Bertz CT molecular complexity index is 698. The molecule has 1 heterocycles. The zero-order valence-corrected chi connectivity index (χ0v) is 11.5. The minimum absolute atomic E-state index is 0.265. The third-order valence-corrected chi connectivity index (χ3v) is 2.39. The fraction of sp³-hybridized carbons (Fsp3) is 0.286. The Morgan fingerprint density at radius 3 is 2.65 bits per heavy atom. The molecule has 0 radical (unpaired) electrons. The molecule has 102 valence electrons. The number of benzene rings is 1. The number of hydrogen-bond donors (Lipinski definition) is 1. The summed E-state index contributed by atoms with van der Waals surface area (Å²) in [5.74, 6) is 0. The van der Waals surface area contributed by atoms with E-state index in [4.69, 9.17) is 4.74 Å². The summed E-state index contributed by atoms with van der Waals surface area (Å²) in [7, 11) is 0. The van der Waals surface area contributed by atoms with Crippen LogP contribution in [0.5, 0.6) is 0 Å². The van der Waals surface area contributed by atoms with Gasteiger partial charge in [0.25, 0.3) is 0 Å². The summed E-state index contributed by atoms with van der Waals surface area (Å²) in [6.45, 7) is 5.30. The largest absolute Gasteiger partial charge is 0.444 e. The number of nitriles is 1. The highest BCUT2D eigenvalue weighted by Crippen LogP contribution is 2.23. The van der Waals surface area contributed by atoms with Crippen LogP contribution < -0.4 is 5.32 Å². The van der Waals surface area contributed by atoms with Crippen molar-refractivity contribution >= 4 is 22.8 Å². The van der Waals surface area contributed by atoms with E-state index in [1.165, 1.54) is 6.20 Å². The summed E-state index contributed by atoms with van der Waals surface area (Å²) in [6, 6.07) is 5.33. The van der Waals surface area contributed by atoms with Crippen LogP contribution in [-0.2, 0) is 4.74 Å². The number of carbonyl (C=O) groups excluding carboxylic acids is 1. The monoisotopic (exact) mass is 270 g/mol. The predicted octanol–water partition coefficient (Wildman–Crippen LogP) is 2.85. The molecule has 2 aromatic rings. The molecule has 1 N–H and O–H groups in total. The maximum atomic E-state index is 11.8. The van der Waals surface area contributed by atoms with Crippen LogP contribution in [0.15, 0.2) is 24.5 Å². The zero-order valence-electron chi connectivity index (χ0n) is 11.5. The standard InChI is InChI=1S/C14H14N4O2/c1-14(2,3)20-13(19)18-10-4-5-11-12(9(10)8-15)17-7-6-16-11/h4-7H,1-3H3,(H,18,19). The van der Waals surface area contributed by atoms with Crippen LogP contribution in [0.25, 0.3) is 11.0 Å². The van der Waals surface area contributed by atoms with Crippen LogP contribution >= 0.6 is 0 Å². The van der Waals surface area contributed by atoms with E-state index < -0.39 is 11.7 Å². The summed E-state index contributed by atoms with van der Waals surface area (Å²) in [6.07, 6.45) is 2.43. The normalized spacial score (nSPS) is 10.9. The first-order valence-corrected chi connectivity index (χ1v) is 6.04. The lowest BCUT2D eigenvalue weighted by molar-refractivity contribution is 0.0636. The molecule has 0 atom stereocenters. The SMILES string of the molecule is CC(C)(C)OC(=O)Nc1ccc2nccnc2c1C#N. The first-order valence-electron chi connectivity index (χ1n) is 6.04. The van der Waals surface area contributed by atoms with Crippen molar-refractivity contribution in [1.29, 1.82) is 5.26 Å². The second-order valence-corrected chi connectivity index (χ2v) is 5.15. The minimum atomic E-state index is -0.614. The van der Waals surface area contributed by atoms with Crippen LogP contribution in [0.1, 0.15) is 26.3 Å². The van der Waals surface area contributed by atoms with Crippen LogP contribution in [0.4, 0.5) is 10.5 Å². The van der Waals surface area contributed by atoms with Gasteiger partial charge in [0.15, 0.2) is 0 Å². The van der Waals surface area contributed by atoms with Gasteiger partial charge in [-0.2, -0.15) is 5.26 Å². The summed E-state index contributed by atoms with van der Waals surface area (Å²) in [5.41, 5.74) is 1.06. The predicted molar refractivity (Wildman–Crippen MR) is 74.1 cm³/mol. The number of hydrogen-bond acceptors (Lipinski definition) is 5. The molecule has 0 aliphatic heterocycles. The second kappa shape index (κ2) is 5.13. The number of nitrogens with one attached hydrogen (secondary N) is 1. The van der Waals surface area contributed by atoms with E-state index in [2.05, 4.69) is 15.3 Å². The van der Waals surface area contributed by atoms with Crippen molar-refractivity contribution in [3.05, 3.63) is 30.1 Å². The molecule has 1 aromatic carbocycles. The van der Waals surface area contributed by atoms with Gasteiger partial charge in [0, 0.05) is 12.4 Å². The lowest BCUT2D eigenvalue weighted by atomic mass is 10.1. The molecular weight excluding hydrogens is 256 g/mol. The van der Waals surface area contributed by atoms with E-state index in [9.17, 15) is 10.1 Å². The maximum absolute atomic E-state index is 11.8. The fourth-order valence-corrected chi connectivity index (χ4v) is 1.67. The Hall–Kier alpha value is -2.68. The van der Waals surface area contributed by atoms with Crippen LogP contribution in [-0.4, -0.2) is 21.7 Å². The third kappa shape index (κ3) is 3.01.